The summed E-state index contributed by atoms with van der Waals surface area (Å²) in [5.74, 6) is -0.513. The molecule has 3 aromatic rings. The van der Waals surface area contributed by atoms with Gasteiger partial charge in [0.1, 0.15) is 5.82 Å². The maximum Gasteiger partial charge on any atom is 0.305 e. The van der Waals surface area contributed by atoms with Gasteiger partial charge in [-0.25, -0.2) is 4.39 Å². The summed E-state index contributed by atoms with van der Waals surface area (Å²) in [5, 5.41) is 11.0. The summed E-state index contributed by atoms with van der Waals surface area (Å²) < 4.78 is 26.7. The topological polar surface area (TPSA) is 43.1 Å². The first kappa shape index (κ1) is 19.8. The maximum absolute atomic E-state index is 13.6. The van der Waals surface area contributed by atoms with Gasteiger partial charge in [0.25, 0.3) is 0 Å². The van der Waals surface area contributed by atoms with Crippen molar-refractivity contribution in [1.82, 2.24) is 0 Å². The van der Waals surface area contributed by atoms with Crippen LogP contribution in [0, 0.1) is 21.7 Å². The zero-order valence-corrected chi connectivity index (χ0v) is 15.7. The first-order valence-electron chi connectivity index (χ1n) is 8.57. The van der Waals surface area contributed by atoms with Gasteiger partial charge in [0, 0.05) is 18.2 Å². The van der Waals surface area contributed by atoms with E-state index in [9.17, 15) is 18.9 Å². The molecule has 3 aromatic carbocycles. The fraction of sp³-hybridized carbons (Fsp3) is 0.0909. The Hall–Kier alpha value is -2.99. The first-order chi connectivity index (χ1) is 13.5. The average Bonchev–Trinajstić information content (AvgIpc) is 2.69. The molecule has 0 fully saturated rings. The molecular formula is C22H17F2NO2S. The molecule has 142 valence electrons. The van der Waals surface area contributed by atoms with E-state index in [1.165, 1.54) is 24.3 Å². The average molecular weight is 397 g/mol. The fourth-order valence-electron chi connectivity index (χ4n) is 2.64. The predicted molar refractivity (Wildman–Crippen MR) is 109 cm³/mol. The Morgan fingerprint density at radius 3 is 2.36 bits per heavy atom. The van der Waals surface area contributed by atoms with Crippen LogP contribution in [0.5, 0.6) is 0 Å². The van der Waals surface area contributed by atoms with Crippen LogP contribution in [-0.2, 0) is 12.2 Å². The van der Waals surface area contributed by atoms with Gasteiger partial charge in [0.2, 0.25) is 5.82 Å². The molecule has 0 aliphatic heterocycles. The van der Waals surface area contributed by atoms with Crippen LogP contribution in [0.4, 0.5) is 14.5 Å². The number of hydrogen-bond donors (Lipinski definition) is 0. The lowest BCUT2D eigenvalue weighted by Crippen LogP contribution is -1.94. The van der Waals surface area contributed by atoms with E-state index in [1.807, 2.05) is 36.4 Å². The van der Waals surface area contributed by atoms with Crippen molar-refractivity contribution in [1.29, 1.82) is 0 Å². The zero-order valence-electron chi connectivity index (χ0n) is 14.8. The Bertz CT molecular complexity index is 989. The molecule has 6 heteroatoms. The van der Waals surface area contributed by atoms with Crippen molar-refractivity contribution in [3.63, 3.8) is 0 Å². The van der Waals surface area contributed by atoms with Crippen LogP contribution >= 0.6 is 11.8 Å². The van der Waals surface area contributed by atoms with Crippen LogP contribution in [0.2, 0.25) is 0 Å². The minimum Gasteiger partial charge on any atom is -0.258 e. The molecule has 0 unspecified atom stereocenters. The van der Waals surface area contributed by atoms with E-state index < -0.39 is 16.4 Å². The summed E-state index contributed by atoms with van der Waals surface area (Å²) in [5.41, 5.74) is 2.08. The van der Waals surface area contributed by atoms with Gasteiger partial charge in [-0.05, 0) is 45.9 Å². The molecule has 0 heterocycles. The zero-order chi connectivity index (χ0) is 19.9. The van der Waals surface area contributed by atoms with Gasteiger partial charge in [0.15, 0.2) is 0 Å². The minimum absolute atomic E-state index is 0.285. The summed E-state index contributed by atoms with van der Waals surface area (Å²) in [6.45, 7) is 0. The molecule has 3 rings (SSSR count). The van der Waals surface area contributed by atoms with Crippen molar-refractivity contribution in [3.05, 3.63) is 116 Å². The third kappa shape index (κ3) is 5.50. The standard InChI is InChI=1S/C22H17F2NO2S/c23-19-9-6-17(7-10-19)15-28-20(12-16-4-2-1-3-5-16)13-18-8-11-21(24)22(14-18)25(26)27/h1-11,13-14H,12,15H2. The smallest absolute Gasteiger partial charge is 0.258 e. The molecule has 0 N–H and O–H groups in total. The Morgan fingerprint density at radius 2 is 1.68 bits per heavy atom. The third-order valence-electron chi connectivity index (χ3n) is 4.05. The molecule has 0 aliphatic carbocycles. The number of halogens is 2. The lowest BCUT2D eigenvalue weighted by molar-refractivity contribution is -0.387. The predicted octanol–water partition coefficient (Wildman–Crippen LogP) is 6.39. The number of rotatable bonds is 7. The summed E-state index contributed by atoms with van der Waals surface area (Å²) in [6, 6.07) is 20.0. The normalized spacial score (nSPS) is 11.4. The van der Waals surface area contributed by atoms with E-state index in [2.05, 4.69) is 0 Å². The summed E-state index contributed by atoms with van der Waals surface area (Å²) in [7, 11) is 0. The number of nitro groups is 1. The van der Waals surface area contributed by atoms with E-state index in [-0.39, 0.29) is 5.82 Å². The maximum atomic E-state index is 13.6. The number of allylic oxidation sites excluding steroid dienone is 1. The second kappa shape index (κ2) is 9.28. The Balaban J connectivity index is 1.86. The number of nitrogens with zero attached hydrogens (tertiary/aromatic N) is 1. The molecule has 0 saturated carbocycles. The van der Waals surface area contributed by atoms with E-state index in [0.29, 0.717) is 17.7 Å². The van der Waals surface area contributed by atoms with Crippen LogP contribution in [0.15, 0.2) is 77.7 Å². The largest absolute Gasteiger partial charge is 0.305 e. The summed E-state index contributed by atoms with van der Waals surface area (Å²) in [4.78, 5) is 11.2. The number of thioether (sulfide) groups is 1. The van der Waals surface area contributed by atoms with Crippen molar-refractivity contribution < 1.29 is 13.7 Å². The van der Waals surface area contributed by atoms with Gasteiger partial charge in [-0.1, -0.05) is 48.5 Å². The van der Waals surface area contributed by atoms with Crippen molar-refractivity contribution >= 4 is 23.5 Å². The van der Waals surface area contributed by atoms with Gasteiger partial charge in [-0.3, -0.25) is 10.1 Å². The SMILES string of the molecule is O=[N+]([O-])c1cc(C=C(Cc2ccccc2)SCc2ccc(F)cc2)ccc1F. The van der Waals surface area contributed by atoms with E-state index >= 15 is 0 Å². The monoisotopic (exact) mass is 397 g/mol. The van der Waals surface area contributed by atoms with Gasteiger partial charge in [-0.2, -0.15) is 4.39 Å². The molecule has 0 radical (unpaired) electrons. The summed E-state index contributed by atoms with van der Waals surface area (Å²) >= 11 is 1.56. The van der Waals surface area contributed by atoms with E-state index in [0.717, 1.165) is 22.1 Å². The fourth-order valence-corrected chi connectivity index (χ4v) is 3.68. The highest BCUT2D eigenvalue weighted by Crippen LogP contribution is 2.29. The van der Waals surface area contributed by atoms with Crippen LogP contribution in [0.3, 0.4) is 0 Å². The van der Waals surface area contributed by atoms with Gasteiger partial charge >= 0.3 is 5.69 Å². The molecule has 0 aliphatic rings. The highest BCUT2D eigenvalue weighted by molar-refractivity contribution is 8.02. The summed E-state index contributed by atoms with van der Waals surface area (Å²) in [6.07, 6.45) is 2.46. The second-order valence-corrected chi connectivity index (χ2v) is 7.26. The molecular weight excluding hydrogens is 380 g/mol. The molecule has 0 amide bonds. The lowest BCUT2D eigenvalue weighted by atomic mass is 10.1. The second-order valence-electron chi connectivity index (χ2n) is 6.16. The van der Waals surface area contributed by atoms with E-state index in [4.69, 9.17) is 0 Å². The van der Waals surface area contributed by atoms with Crippen LogP contribution in [0.25, 0.3) is 6.08 Å². The molecule has 0 spiro atoms. The van der Waals surface area contributed by atoms with Crippen molar-refractivity contribution in [2.45, 2.75) is 12.2 Å². The van der Waals surface area contributed by atoms with Gasteiger partial charge in [-0.15, -0.1) is 11.8 Å². The van der Waals surface area contributed by atoms with Crippen LogP contribution < -0.4 is 0 Å². The Kier molecular flexibility index (Phi) is 6.55. The Morgan fingerprint density at radius 1 is 0.964 bits per heavy atom. The molecule has 0 bridgehead atoms. The first-order valence-corrected chi connectivity index (χ1v) is 9.55. The van der Waals surface area contributed by atoms with Gasteiger partial charge < -0.3 is 0 Å². The number of hydrogen-bond acceptors (Lipinski definition) is 3. The number of benzene rings is 3. The lowest BCUT2D eigenvalue weighted by Gasteiger charge is -2.09. The highest BCUT2D eigenvalue weighted by atomic mass is 32.2. The molecule has 3 nitrogen and oxygen atoms in total. The van der Waals surface area contributed by atoms with Crippen LogP contribution in [0.1, 0.15) is 16.7 Å². The third-order valence-corrected chi connectivity index (χ3v) is 5.16. The molecule has 0 aromatic heterocycles. The van der Waals surface area contributed by atoms with Crippen LogP contribution in [-0.4, -0.2) is 4.92 Å². The molecule has 0 atom stereocenters. The van der Waals surface area contributed by atoms with E-state index in [1.54, 1.807) is 23.9 Å². The van der Waals surface area contributed by atoms with Crippen molar-refractivity contribution in [2.24, 2.45) is 0 Å². The van der Waals surface area contributed by atoms with Crippen molar-refractivity contribution in [2.75, 3.05) is 0 Å². The Labute approximate surface area is 165 Å². The highest BCUT2D eigenvalue weighted by Gasteiger charge is 2.14. The van der Waals surface area contributed by atoms with Crippen molar-refractivity contribution in [3.8, 4) is 0 Å². The molecule has 28 heavy (non-hydrogen) atoms. The molecule has 0 saturated heterocycles. The quantitative estimate of drug-likeness (QED) is 0.343. The van der Waals surface area contributed by atoms with Gasteiger partial charge in [0.05, 0.1) is 4.92 Å². The minimum atomic E-state index is -0.856. The number of nitro benzene ring substituents is 1.